The van der Waals surface area contributed by atoms with Gasteiger partial charge in [0.05, 0.1) is 5.69 Å². The van der Waals surface area contributed by atoms with Crippen molar-refractivity contribution in [2.24, 2.45) is 0 Å². The molecule has 4 nitrogen and oxygen atoms in total. The van der Waals surface area contributed by atoms with Crippen LogP contribution in [-0.4, -0.2) is 40.1 Å². The number of aryl methyl sites for hydroxylation is 1. The summed E-state index contributed by atoms with van der Waals surface area (Å²) in [7, 11) is 3.72. The second kappa shape index (κ2) is 5.65. The third-order valence-corrected chi connectivity index (χ3v) is 3.51. The van der Waals surface area contributed by atoms with E-state index in [4.69, 9.17) is 9.47 Å². The average molecular weight is 261 g/mol. The molecule has 102 valence electrons. The van der Waals surface area contributed by atoms with Crippen LogP contribution < -0.4 is 15.1 Å². The third-order valence-electron chi connectivity index (χ3n) is 3.51. The third kappa shape index (κ3) is 2.76. The van der Waals surface area contributed by atoms with Gasteiger partial charge >= 0.3 is 0 Å². The number of rotatable bonds is 4. The maximum atomic E-state index is 12.2. The molecule has 1 unspecified atom stereocenters. The van der Waals surface area contributed by atoms with E-state index in [2.05, 4.69) is 7.85 Å². The van der Waals surface area contributed by atoms with Crippen molar-refractivity contribution in [1.82, 2.24) is 0 Å². The van der Waals surface area contributed by atoms with E-state index in [1.807, 2.05) is 24.0 Å². The molecule has 1 aliphatic heterocycles. The van der Waals surface area contributed by atoms with Crippen LogP contribution >= 0.6 is 0 Å². The number of amides is 1. The molecule has 0 spiro atoms. The Bertz CT molecular complexity index is 490. The van der Waals surface area contributed by atoms with Crippen LogP contribution in [0.25, 0.3) is 0 Å². The first-order valence-corrected chi connectivity index (χ1v) is 6.63. The molecule has 1 aliphatic rings. The van der Waals surface area contributed by atoms with E-state index in [0.29, 0.717) is 13.2 Å². The maximum Gasteiger partial charge on any atom is 0.267 e. The number of fused-ring (bicyclic) bond motifs is 1. The molecule has 0 saturated heterocycles. The number of methoxy groups -OCH3 is 1. The van der Waals surface area contributed by atoms with Crippen LogP contribution in [0.3, 0.4) is 0 Å². The van der Waals surface area contributed by atoms with E-state index in [9.17, 15) is 4.79 Å². The zero-order chi connectivity index (χ0) is 14.0. The van der Waals surface area contributed by atoms with Crippen LogP contribution in [0.1, 0.15) is 18.9 Å². The Morgan fingerprint density at radius 2 is 2.21 bits per heavy atom. The summed E-state index contributed by atoms with van der Waals surface area (Å²) in [6.07, 6.45) is 0.401. The van der Waals surface area contributed by atoms with E-state index >= 15 is 0 Å². The Morgan fingerprint density at radius 1 is 1.47 bits per heavy atom. The fraction of sp³-hybridized carbons (Fsp3) is 0.500. The highest BCUT2D eigenvalue weighted by Crippen LogP contribution is 2.34. The number of nitrogens with zero attached hydrogens (tertiary/aromatic N) is 1. The molecular formula is C14H20BNO3. The van der Waals surface area contributed by atoms with Gasteiger partial charge in [0.1, 0.15) is 13.6 Å². The molecule has 1 aromatic rings. The van der Waals surface area contributed by atoms with Gasteiger partial charge in [0.25, 0.3) is 5.91 Å². The molecule has 0 aliphatic carbocycles. The second-order valence-electron chi connectivity index (χ2n) is 5.00. The summed E-state index contributed by atoms with van der Waals surface area (Å²) in [6, 6.07) is 4.04. The van der Waals surface area contributed by atoms with Crippen LogP contribution in [0.5, 0.6) is 5.75 Å². The summed E-state index contributed by atoms with van der Waals surface area (Å²) >= 11 is 0. The van der Waals surface area contributed by atoms with Crippen LogP contribution in [0, 0.1) is 6.92 Å². The minimum Gasteiger partial charge on any atom is -0.479 e. The molecular weight excluding hydrogens is 241 g/mol. The van der Waals surface area contributed by atoms with Crippen molar-refractivity contribution in [3.63, 3.8) is 0 Å². The van der Waals surface area contributed by atoms with E-state index in [-0.39, 0.29) is 5.91 Å². The predicted molar refractivity (Wildman–Crippen MR) is 78.3 cm³/mol. The van der Waals surface area contributed by atoms with Crippen LogP contribution in [0.4, 0.5) is 5.69 Å². The summed E-state index contributed by atoms with van der Waals surface area (Å²) in [6.45, 7) is 5.16. The van der Waals surface area contributed by atoms with E-state index in [1.165, 1.54) is 11.0 Å². The highest BCUT2D eigenvalue weighted by Gasteiger charge is 2.31. The van der Waals surface area contributed by atoms with Crippen molar-refractivity contribution in [3.8, 4) is 5.75 Å². The van der Waals surface area contributed by atoms with Crippen molar-refractivity contribution < 1.29 is 14.3 Å². The molecule has 0 radical (unpaired) electrons. The largest absolute Gasteiger partial charge is 0.479 e. The SMILES string of the molecule is Bc1cc2c(cc1C)N(CCCOC)C(=O)C(C)O2. The van der Waals surface area contributed by atoms with Gasteiger partial charge in [0, 0.05) is 20.3 Å². The number of hydrogen-bond donors (Lipinski definition) is 0. The van der Waals surface area contributed by atoms with Gasteiger partial charge in [0.15, 0.2) is 6.10 Å². The van der Waals surface area contributed by atoms with Gasteiger partial charge in [-0.3, -0.25) is 4.79 Å². The standard InChI is InChI=1S/C14H20BNO3/c1-9-7-12-13(8-11(9)15)19-10(2)14(17)16(12)5-4-6-18-3/h7-8,10H,4-6,15H2,1-3H3. The molecule has 0 saturated carbocycles. The van der Waals surface area contributed by atoms with Crippen LogP contribution in [-0.2, 0) is 9.53 Å². The first kappa shape index (κ1) is 13.9. The molecule has 1 heterocycles. The molecule has 5 heteroatoms. The Hall–Kier alpha value is -1.49. The number of carbonyl (C=O) groups excluding carboxylic acids is 1. The van der Waals surface area contributed by atoms with Gasteiger partial charge in [-0.05, 0) is 32.4 Å². The molecule has 0 N–H and O–H groups in total. The van der Waals surface area contributed by atoms with Gasteiger partial charge < -0.3 is 14.4 Å². The van der Waals surface area contributed by atoms with Gasteiger partial charge in [-0.2, -0.15) is 0 Å². The lowest BCUT2D eigenvalue weighted by Gasteiger charge is -2.33. The fourth-order valence-corrected chi connectivity index (χ4v) is 2.26. The van der Waals surface area contributed by atoms with Crippen molar-refractivity contribution in [1.29, 1.82) is 0 Å². The summed E-state index contributed by atoms with van der Waals surface area (Å²) in [4.78, 5) is 14.1. The molecule has 1 atom stereocenters. The number of benzene rings is 1. The fourth-order valence-electron chi connectivity index (χ4n) is 2.26. The number of anilines is 1. The Labute approximate surface area is 115 Å². The minimum atomic E-state index is -0.419. The van der Waals surface area contributed by atoms with Gasteiger partial charge in [-0.25, -0.2) is 0 Å². The Kier molecular flexibility index (Phi) is 4.15. The smallest absolute Gasteiger partial charge is 0.267 e. The quantitative estimate of drug-likeness (QED) is 0.582. The zero-order valence-electron chi connectivity index (χ0n) is 12.0. The molecule has 1 aromatic carbocycles. The van der Waals surface area contributed by atoms with Crippen LogP contribution in [0.2, 0.25) is 0 Å². The number of hydrogen-bond acceptors (Lipinski definition) is 3. The van der Waals surface area contributed by atoms with Crippen LogP contribution in [0.15, 0.2) is 12.1 Å². The number of carbonyl (C=O) groups is 1. The topological polar surface area (TPSA) is 38.8 Å². The van der Waals surface area contributed by atoms with E-state index in [0.717, 1.165) is 17.9 Å². The molecule has 0 aromatic heterocycles. The highest BCUT2D eigenvalue weighted by atomic mass is 16.5. The predicted octanol–water partition coefficient (Wildman–Crippen LogP) is 0.404. The van der Waals surface area contributed by atoms with Gasteiger partial charge in [-0.15, -0.1) is 0 Å². The first-order chi connectivity index (χ1) is 9.04. The van der Waals surface area contributed by atoms with Crippen molar-refractivity contribution in [2.75, 3.05) is 25.2 Å². The molecule has 0 fully saturated rings. The number of ether oxygens (including phenoxy) is 2. The molecule has 2 rings (SSSR count). The Morgan fingerprint density at radius 3 is 2.89 bits per heavy atom. The van der Waals surface area contributed by atoms with Crippen molar-refractivity contribution in [2.45, 2.75) is 26.4 Å². The van der Waals surface area contributed by atoms with Gasteiger partial charge in [-0.1, -0.05) is 11.0 Å². The second-order valence-corrected chi connectivity index (χ2v) is 5.00. The lowest BCUT2D eigenvalue weighted by atomic mass is 9.90. The average Bonchev–Trinajstić information content (AvgIpc) is 2.37. The summed E-state index contributed by atoms with van der Waals surface area (Å²) in [5.74, 6) is 0.819. The highest BCUT2D eigenvalue weighted by molar-refractivity contribution is 6.33. The van der Waals surface area contributed by atoms with Crippen molar-refractivity contribution >= 4 is 24.9 Å². The summed E-state index contributed by atoms with van der Waals surface area (Å²) in [5.41, 5.74) is 3.22. The molecule has 0 bridgehead atoms. The zero-order valence-corrected chi connectivity index (χ0v) is 12.0. The minimum absolute atomic E-state index is 0.0202. The van der Waals surface area contributed by atoms with E-state index in [1.54, 1.807) is 14.0 Å². The Balaban J connectivity index is 2.32. The monoisotopic (exact) mass is 261 g/mol. The van der Waals surface area contributed by atoms with Crippen molar-refractivity contribution in [3.05, 3.63) is 17.7 Å². The lowest BCUT2D eigenvalue weighted by Crippen LogP contribution is -2.45. The maximum absolute atomic E-state index is 12.2. The van der Waals surface area contributed by atoms with E-state index < -0.39 is 6.10 Å². The lowest BCUT2D eigenvalue weighted by molar-refractivity contribution is -0.125. The summed E-state index contributed by atoms with van der Waals surface area (Å²) in [5, 5.41) is 0. The summed E-state index contributed by atoms with van der Waals surface area (Å²) < 4.78 is 10.8. The molecule has 1 amide bonds. The normalized spacial score (nSPS) is 18.2. The molecule has 19 heavy (non-hydrogen) atoms. The first-order valence-electron chi connectivity index (χ1n) is 6.63. The van der Waals surface area contributed by atoms with Gasteiger partial charge in [0.2, 0.25) is 0 Å².